The van der Waals surface area contributed by atoms with Gasteiger partial charge in [0, 0.05) is 19.3 Å². The Hall–Kier alpha value is -4.20. The predicted molar refractivity (Wildman–Crippen MR) is 187 cm³/mol. The number of primary amides is 1. The maximum Gasteiger partial charge on any atom is 0.342 e. The second-order valence-electron chi connectivity index (χ2n) is 14.6. The molecule has 1 aromatic carbocycles. The van der Waals surface area contributed by atoms with Gasteiger partial charge in [-0.2, -0.15) is 0 Å². The average Bonchev–Trinajstić information content (AvgIpc) is 3.42. The Bertz CT molecular complexity index is 1380. The van der Waals surface area contributed by atoms with Gasteiger partial charge in [0.15, 0.2) is 12.2 Å². The highest BCUT2D eigenvalue weighted by atomic mass is 16.6. The summed E-state index contributed by atoms with van der Waals surface area (Å²) >= 11 is 0. The maximum atomic E-state index is 13.4. The van der Waals surface area contributed by atoms with E-state index in [4.69, 9.17) is 15.2 Å². The zero-order chi connectivity index (χ0) is 37.7. The second kappa shape index (κ2) is 20.0. The molecule has 2 aliphatic heterocycles. The number of benzene rings is 1. The van der Waals surface area contributed by atoms with E-state index in [-0.39, 0.29) is 55.2 Å². The number of hydrogen-bond donors (Lipinski definition) is 6. The number of carbonyl (C=O) groups is 6. The number of amides is 4. The van der Waals surface area contributed by atoms with Gasteiger partial charge in [0.1, 0.15) is 23.5 Å². The number of ether oxygens (including phenoxy) is 2. The number of rotatable bonds is 21. The van der Waals surface area contributed by atoms with Crippen LogP contribution in [-0.2, 0) is 39.9 Å². The molecule has 7 N–H and O–H groups in total. The van der Waals surface area contributed by atoms with E-state index >= 15 is 0 Å². The van der Waals surface area contributed by atoms with Gasteiger partial charge in [-0.15, -0.1) is 0 Å². The fourth-order valence-corrected chi connectivity index (χ4v) is 6.55. The third kappa shape index (κ3) is 13.1. The number of hydrogen-bond acceptors (Lipinski definition) is 10. The molecular formula is C37H56N4O10. The Morgan fingerprint density at radius 3 is 2.22 bits per heavy atom. The van der Waals surface area contributed by atoms with E-state index in [1.807, 2.05) is 13.8 Å². The van der Waals surface area contributed by atoms with Crippen molar-refractivity contribution in [3.8, 4) is 5.75 Å². The van der Waals surface area contributed by atoms with Gasteiger partial charge in [-0.05, 0) is 42.7 Å². The van der Waals surface area contributed by atoms with E-state index in [0.29, 0.717) is 24.3 Å². The quantitative estimate of drug-likeness (QED) is 0.0806. The summed E-state index contributed by atoms with van der Waals surface area (Å²) in [5.41, 5.74) is 5.93. The topological polar surface area (TPSA) is 223 Å². The molecule has 14 nitrogen and oxygen atoms in total. The molecule has 14 heteroatoms. The molecule has 1 fully saturated rings. The second-order valence-corrected chi connectivity index (χ2v) is 14.6. The lowest BCUT2D eigenvalue weighted by Crippen LogP contribution is -2.57. The molecule has 2 heterocycles. The van der Waals surface area contributed by atoms with Crippen LogP contribution in [-0.4, -0.2) is 82.2 Å². The van der Waals surface area contributed by atoms with E-state index in [1.54, 1.807) is 12.1 Å². The third-order valence-electron chi connectivity index (χ3n) is 9.24. The van der Waals surface area contributed by atoms with Crippen LogP contribution in [0, 0.1) is 11.8 Å². The molecule has 284 valence electrons. The van der Waals surface area contributed by atoms with E-state index in [2.05, 4.69) is 29.8 Å². The highest BCUT2D eigenvalue weighted by molar-refractivity contribution is 5.95. The fraction of sp³-hybridized carbons (Fsp3) is 0.676. The molecule has 0 bridgehead atoms. The Morgan fingerprint density at radius 1 is 0.863 bits per heavy atom. The minimum atomic E-state index is -1.91. The summed E-state index contributed by atoms with van der Waals surface area (Å²) in [6, 6.07) is 1.66. The Kier molecular flexibility index (Phi) is 16.2. The van der Waals surface area contributed by atoms with Crippen LogP contribution in [0.1, 0.15) is 121 Å². The molecule has 0 unspecified atom stereocenters. The summed E-state index contributed by atoms with van der Waals surface area (Å²) in [7, 11) is 0. The summed E-state index contributed by atoms with van der Waals surface area (Å²) in [5, 5.41) is 29.3. The van der Waals surface area contributed by atoms with Gasteiger partial charge in [0.25, 0.3) is 5.91 Å². The van der Waals surface area contributed by atoms with Gasteiger partial charge in [-0.3, -0.25) is 24.0 Å². The first-order valence-corrected chi connectivity index (χ1v) is 18.2. The van der Waals surface area contributed by atoms with Crippen LogP contribution >= 0.6 is 0 Å². The van der Waals surface area contributed by atoms with Crippen molar-refractivity contribution >= 4 is 35.6 Å². The number of phenolic OH excluding ortho intramolecular Hbond substituents is 1. The van der Waals surface area contributed by atoms with Crippen LogP contribution in [0.15, 0.2) is 18.2 Å². The van der Waals surface area contributed by atoms with Crippen LogP contribution < -0.4 is 21.7 Å². The number of aliphatic hydroxyl groups is 1. The molecule has 0 radical (unpaired) electrons. The van der Waals surface area contributed by atoms with Gasteiger partial charge in [-0.1, -0.05) is 78.4 Å². The lowest BCUT2D eigenvalue weighted by Gasteiger charge is -2.34. The number of phenols is 1. The molecule has 0 saturated carbocycles. The number of fused-ring (bicyclic) bond motifs is 1. The van der Waals surface area contributed by atoms with Gasteiger partial charge in [-0.25, -0.2) is 4.79 Å². The number of carbonyl (C=O) groups excluding carboxylic acids is 6. The molecule has 1 saturated heterocycles. The molecule has 1 aromatic rings. The van der Waals surface area contributed by atoms with Gasteiger partial charge < -0.3 is 41.4 Å². The first kappa shape index (κ1) is 41.2. The number of unbranched alkanes of at least 4 members (excludes halogenated alkanes) is 5. The van der Waals surface area contributed by atoms with Gasteiger partial charge in [0.05, 0.1) is 18.5 Å². The number of cyclic esters (lactones) is 2. The maximum absolute atomic E-state index is 13.4. The number of aromatic hydroxyl groups is 1. The molecule has 51 heavy (non-hydrogen) atoms. The fourth-order valence-electron chi connectivity index (χ4n) is 6.55. The number of nitrogens with two attached hydrogens (primary N) is 1. The van der Waals surface area contributed by atoms with Crippen LogP contribution in [0.4, 0.5) is 0 Å². The van der Waals surface area contributed by atoms with Gasteiger partial charge in [0.2, 0.25) is 17.7 Å². The van der Waals surface area contributed by atoms with Gasteiger partial charge >= 0.3 is 11.9 Å². The third-order valence-corrected chi connectivity index (χ3v) is 9.24. The summed E-state index contributed by atoms with van der Waals surface area (Å²) < 4.78 is 10.9. The monoisotopic (exact) mass is 716 g/mol. The highest BCUT2D eigenvalue weighted by Crippen LogP contribution is 2.30. The highest BCUT2D eigenvalue weighted by Gasteiger charge is 2.45. The lowest BCUT2D eigenvalue weighted by atomic mass is 9.90. The Morgan fingerprint density at radius 2 is 1.55 bits per heavy atom. The number of nitrogens with one attached hydrogen (secondary N) is 3. The first-order valence-electron chi connectivity index (χ1n) is 18.2. The lowest BCUT2D eigenvalue weighted by molar-refractivity contribution is -0.151. The van der Waals surface area contributed by atoms with E-state index in [1.165, 1.54) is 18.9 Å². The summed E-state index contributed by atoms with van der Waals surface area (Å²) in [6.07, 6.45) is 3.13. The smallest absolute Gasteiger partial charge is 0.342 e. The van der Waals surface area contributed by atoms with Crippen molar-refractivity contribution in [2.24, 2.45) is 17.6 Å². The summed E-state index contributed by atoms with van der Waals surface area (Å²) in [6.45, 7) is 8.23. The van der Waals surface area contributed by atoms with E-state index in [0.717, 1.165) is 25.7 Å². The van der Waals surface area contributed by atoms with Crippen molar-refractivity contribution in [1.29, 1.82) is 0 Å². The number of esters is 2. The molecule has 3 rings (SSSR count). The number of aliphatic hydroxyl groups excluding tert-OH is 1. The van der Waals surface area contributed by atoms with E-state index in [9.17, 15) is 39.0 Å². The molecule has 6 atom stereocenters. The molecule has 4 amide bonds. The van der Waals surface area contributed by atoms with Crippen LogP contribution in [0.2, 0.25) is 0 Å². The summed E-state index contributed by atoms with van der Waals surface area (Å²) in [4.78, 5) is 76.2. The predicted octanol–water partition coefficient (Wildman–Crippen LogP) is 2.69. The van der Waals surface area contributed by atoms with E-state index < -0.39 is 66.1 Å². The van der Waals surface area contributed by atoms with Crippen molar-refractivity contribution in [2.45, 2.75) is 148 Å². The molecule has 0 spiro atoms. The molecule has 2 aliphatic rings. The zero-order valence-corrected chi connectivity index (χ0v) is 30.3. The zero-order valence-electron chi connectivity index (χ0n) is 30.3. The SMILES string of the molecule is CC(C)CCCCCCCCC(=O)N[C@@H](CCC(N)=O)C(=O)N[C@H]1CC(=O)O[C@@H]1[C@H](O)C(=O)N[C@@H](CC(C)C)[C@@H]1Cc2cccc(O)c2C(=O)O1. The van der Waals surface area contributed by atoms with Crippen molar-refractivity contribution in [2.75, 3.05) is 0 Å². The van der Waals surface area contributed by atoms with Crippen LogP contribution in [0.25, 0.3) is 0 Å². The minimum Gasteiger partial charge on any atom is -0.507 e. The molecular weight excluding hydrogens is 660 g/mol. The first-order chi connectivity index (χ1) is 24.2. The Labute approximate surface area is 300 Å². The van der Waals surface area contributed by atoms with Crippen molar-refractivity contribution < 1.29 is 48.5 Å². The minimum absolute atomic E-state index is 0.0418. The van der Waals surface area contributed by atoms with Crippen LogP contribution in [0.5, 0.6) is 5.75 Å². The average molecular weight is 717 g/mol. The molecule has 0 aromatic heterocycles. The standard InChI is InChI=1S/C37H56N4O10/c1-21(2)12-9-7-5-6-8-10-15-30(44)39-24(16-17-29(38)43)35(47)41-26-20-31(45)51-34(26)33(46)36(48)40-25(18-22(3)4)28-19-23-13-11-14-27(42)32(23)37(49)50-28/h11,13-14,21-22,24-26,28,33-34,42,46H,5-10,12,15-20H2,1-4H3,(H2,38,43)(H,39,44)(H,40,48)(H,41,47)/t24-,25-,26-,28-,33-,34-/m0/s1. The molecule has 0 aliphatic carbocycles. The normalized spacial score (nSPS) is 20.2. The Balaban J connectivity index is 1.61. The summed E-state index contributed by atoms with van der Waals surface area (Å²) in [5.74, 6) is -3.63. The van der Waals surface area contributed by atoms with Crippen molar-refractivity contribution in [3.63, 3.8) is 0 Å². The van der Waals surface area contributed by atoms with Crippen LogP contribution in [0.3, 0.4) is 0 Å². The largest absolute Gasteiger partial charge is 0.507 e. The van der Waals surface area contributed by atoms with Crippen molar-refractivity contribution in [3.05, 3.63) is 29.3 Å². The van der Waals surface area contributed by atoms with Crippen molar-refractivity contribution in [1.82, 2.24) is 16.0 Å².